The van der Waals surface area contributed by atoms with E-state index in [1.165, 1.54) is 16.0 Å². The van der Waals surface area contributed by atoms with E-state index in [0.29, 0.717) is 32.2 Å². The van der Waals surface area contributed by atoms with Gasteiger partial charge in [-0.1, -0.05) is 0 Å². The fourth-order valence-electron chi connectivity index (χ4n) is 3.22. The maximum absolute atomic E-state index is 12.3. The Morgan fingerprint density at radius 3 is 2.89 bits per heavy atom. The maximum Gasteiger partial charge on any atom is 0.242 e. The molecule has 1 fully saturated rings. The van der Waals surface area contributed by atoms with Crippen LogP contribution in [-0.4, -0.2) is 55.6 Å². The van der Waals surface area contributed by atoms with Gasteiger partial charge in [0.2, 0.25) is 11.8 Å². The lowest BCUT2D eigenvalue weighted by atomic mass is 9.83. The molecular formula is C17H24N6O3S. The summed E-state index contributed by atoms with van der Waals surface area (Å²) >= 11 is 1.52. The standard InChI is InChI=1S/C17H24N6O3S/c1-11-21-22-16(27-11)5-7-18-17(26)12-3-4-13(14(24)9-12)20-15(25)10-23-8-2-6-19-23/h2,6,8,12-14,24H,3-5,7,9-10H2,1H3,(H,18,26)(H,20,25)/t12-,13+,14+/m0/s1. The van der Waals surface area contributed by atoms with Gasteiger partial charge in [0, 0.05) is 31.3 Å². The van der Waals surface area contributed by atoms with Crippen molar-refractivity contribution in [1.29, 1.82) is 0 Å². The smallest absolute Gasteiger partial charge is 0.242 e. The third-order valence-corrected chi connectivity index (χ3v) is 5.50. The fourth-order valence-corrected chi connectivity index (χ4v) is 3.93. The van der Waals surface area contributed by atoms with Gasteiger partial charge in [0.05, 0.1) is 12.1 Å². The molecule has 1 saturated carbocycles. The van der Waals surface area contributed by atoms with E-state index in [2.05, 4.69) is 25.9 Å². The number of nitrogens with zero attached hydrogens (tertiary/aromatic N) is 4. The summed E-state index contributed by atoms with van der Waals surface area (Å²) in [5, 5.41) is 29.9. The molecule has 3 rings (SSSR count). The van der Waals surface area contributed by atoms with Crippen LogP contribution in [0.15, 0.2) is 18.5 Å². The van der Waals surface area contributed by atoms with Crippen molar-refractivity contribution in [2.75, 3.05) is 6.54 Å². The topological polar surface area (TPSA) is 122 Å². The Balaban J connectivity index is 1.39. The molecule has 2 aromatic rings. The zero-order chi connectivity index (χ0) is 19.2. The van der Waals surface area contributed by atoms with Gasteiger partial charge in [-0.05, 0) is 32.3 Å². The molecule has 0 radical (unpaired) electrons. The van der Waals surface area contributed by atoms with Gasteiger partial charge in [0.1, 0.15) is 16.6 Å². The predicted octanol–water partition coefficient (Wildman–Crippen LogP) is 0.0477. The van der Waals surface area contributed by atoms with E-state index in [1.807, 2.05) is 6.92 Å². The average Bonchev–Trinajstić information content (AvgIpc) is 3.28. The highest BCUT2D eigenvalue weighted by Crippen LogP contribution is 2.25. The van der Waals surface area contributed by atoms with Crippen LogP contribution in [0.3, 0.4) is 0 Å². The van der Waals surface area contributed by atoms with Crippen LogP contribution in [0.5, 0.6) is 0 Å². The molecule has 3 N–H and O–H groups in total. The molecule has 0 unspecified atom stereocenters. The summed E-state index contributed by atoms with van der Waals surface area (Å²) in [7, 11) is 0. The second kappa shape index (κ2) is 9.05. The van der Waals surface area contributed by atoms with Gasteiger partial charge in [0.25, 0.3) is 0 Å². The Kier molecular flexibility index (Phi) is 6.51. The minimum Gasteiger partial charge on any atom is -0.391 e. The van der Waals surface area contributed by atoms with Crippen LogP contribution in [0.2, 0.25) is 0 Å². The van der Waals surface area contributed by atoms with E-state index in [9.17, 15) is 14.7 Å². The van der Waals surface area contributed by atoms with Gasteiger partial charge < -0.3 is 15.7 Å². The molecule has 1 aliphatic carbocycles. The first-order valence-corrected chi connectivity index (χ1v) is 9.84. The van der Waals surface area contributed by atoms with Crippen LogP contribution in [0.1, 0.15) is 29.3 Å². The molecule has 2 amide bonds. The molecule has 27 heavy (non-hydrogen) atoms. The van der Waals surface area contributed by atoms with Crippen molar-refractivity contribution in [1.82, 2.24) is 30.6 Å². The van der Waals surface area contributed by atoms with Crippen LogP contribution in [0, 0.1) is 12.8 Å². The molecule has 2 aromatic heterocycles. The van der Waals surface area contributed by atoms with Crippen LogP contribution in [0.25, 0.3) is 0 Å². The summed E-state index contributed by atoms with van der Waals surface area (Å²) < 4.78 is 1.53. The third kappa shape index (κ3) is 5.57. The number of carbonyl (C=O) groups excluding carboxylic acids is 2. The highest BCUT2D eigenvalue weighted by Gasteiger charge is 2.33. The zero-order valence-corrected chi connectivity index (χ0v) is 16.0. The molecule has 9 nitrogen and oxygen atoms in total. The largest absolute Gasteiger partial charge is 0.391 e. The average molecular weight is 392 g/mol. The number of rotatable bonds is 7. The summed E-state index contributed by atoms with van der Waals surface area (Å²) in [6.45, 7) is 2.52. The Bertz CT molecular complexity index is 763. The number of amides is 2. The first kappa shape index (κ1) is 19.4. The summed E-state index contributed by atoms with van der Waals surface area (Å²) in [5.41, 5.74) is 0. The van der Waals surface area contributed by atoms with Crippen molar-refractivity contribution in [3.05, 3.63) is 28.5 Å². The van der Waals surface area contributed by atoms with E-state index in [-0.39, 0.29) is 30.3 Å². The molecule has 0 saturated heterocycles. The van der Waals surface area contributed by atoms with Crippen molar-refractivity contribution in [2.45, 2.75) is 51.3 Å². The Hall–Kier alpha value is -2.33. The van der Waals surface area contributed by atoms with Crippen LogP contribution >= 0.6 is 11.3 Å². The second-order valence-electron chi connectivity index (χ2n) is 6.71. The third-order valence-electron chi connectivity index (χ3n) is 4.60. The lowest BCUT2D eigenvalue weighted by molar-refractivity contribution is -0.128. The van der Waals surface area contributed by atoms with E-state index >= 15 is 0 Å². The van der Waals surface area contributed by atoms with E-state index in [4.69, 9.17) is 0 Å². The predicted molar refractivity (Wildman–Crippen MR) is 98.9 cm³/mol. The summed E-state index contributed by atoms with van der Waals surface area (Å²) in [4.78, 5) is 24.4. The van der Waals surface area contributed by atoms with Crippen molar-refractivity contribution < 1.29 is 14.7 Å². The number of aryl methyl sites for hydroxylation is 1. The van der Waals surface area contributed by atoms with Crippen LogP contribution in [0.4, 0.5) is 0 Å². The fraction of sp³-hybridized carbons (Fsp3) is 0.588. The van der Waals surface area contributed by atoms with Gasteiger partial charge in [-0.25, -0.2) is 0 Å². The molecule has 146 valence electrons. The Labute approximate surface area is 161 Å². The number of aromatic nitrogens is 4. The van der Waals surface area contributed by atoms with Crippen molar-refractivity contribution in [3.63, 3.8) is 0 Å². The monoisotopic (exact) mass is 392 g/mol. The first-order valence-electron chi connectivity index (χ1n) is 9.03. The van der Waals surface area contributed by atoms with Crippen molar-refractivity contribution in [3.8, 4) is 0 Å². The molecule has 0 aromatic carbocycles. The van der Waals surface area contributed by atoms with Gasteiger partial charge in [-0.3, -0.25) is 14.3 Å². The number of hydrogen-bond donors (Lipinski definition) is 3. The molecule has 1 aliphatic rings. The molecule has 0 aliphatic heterocycles. The van der Waals surface area contributed by atoms with Gasteiger partial charge in [-0.15, -0.1) is 21.5 Å². The molecule has 3 atom stereocenters. The van der Waals surface area contributed by atoms with E-state index in [0.717, 1.165) is 10.0 Å². The van der Waals surface area contributed by atoms with E-state index in [1.54, 1.807) is 18.5 Å². The van der Waals surface area contributed by atoms with Gasteiger partial charge in [0.15, 0.2) is 0 Å². The highest BCUT2D eigenvalue weighted by atomic mass is 32.1. The van der Waals surface area contributed by atoms with Crippen molar-refractivity contribution >= 4 is 23.2 Å². The first-order chi connectivity index (χ1) is 13.0. The number of hydrogen-bond acceptors (Lipinski definition) is 7. The second-order valence-corrected chi connectivity index (χ2v) is 7.98. The lowest BCUT2D eigenvalue weighted by Crippen LogP contribution is -2.49. The normalized spacial score (nSPS) is 22.4. The van der Waals surface area contributed by atoms with Crippen molar-refractivity contribution in [2.24, 2.45) is 5.92 Å². The Morgan fingerprint density at radius 1 is 1.37 bits per heavy atom. The molecule has 2 heterocycles. The summed E-state index contributed by atoms with van der Waals surface area (Å²) in [6.07, 6.45) is 4.78. The highest BCUT2D eigenvalue weighted by molar-refractivity contribution is 7.11. The molecular weight excluding hydrogens is 368 g/mol. The molecule has 0 spiro atoms. The lowest BCUT2D eigenvalue weighted by Gasteiger charge is -2.33. The number of carbonyl (C=O) groups is 2. The van der Waals surface area contributed by atoms with Crippen LogP contribution in [-0.2, 0) is 22.6 Å². The van der Waals surface area contributed by atoms with E-state index < -0.39 is 6.10 Å². The number of nitrogens with one attached hydrogen (secondary N) is 2. The maximum atomic E-state index is 12.3. The number of aliphatic hydroxyl groups excluding tert-OH is 1. The minimum atomic E-state index is -0.734. The Morgan fingerprint density at radius 2 is 2.22 bits per heavy atom. The zero-order valence-electron chi connectivity index (χ0n) is 15.2. The van der Waals surface area contributed by atoms with Crippen LogP contribution < -0.4 is 10.6 Å². The number of aliphatic hydroxyl groups is 1. The summed E-state index contributed by atoms with van der Waals surface area (Å²) in [6, 6.07) is 1.42. The molecule has 10 heteroatoms. The van der Waals surface area contributed by atoms with Gasteiger partial charge in [-0.2, -0.15) is 5.10 Å². The quantitative estimate of drug-likeness (QED) is 0.612. The SMILES string of the molecule is Cc1nnc(CCNC(=O)[C@H]2CC[C@@H](NC(=O)Cn3cccn3)[C@H](O)C2)s1. The molecule has 0 bridgehead atoms. The summed E-state index contributed by atoms with van der Waals surface area (Å²) in [5.74, 6) is -0.495. The van der Waals surface area contributed by atoms with Gasteiger partial charge >= 0.3 is 0 Å². The minimum absolute atomic E-state index is 0.0587.